The second kappa shape index (κ2) is 11.8. The van der Waals surface area contributed by atoms with Gasteiger partial charge in [0.25, 0.3) is 0 Å². The zero-order chi connectivity index (χ0) is 27.2. The zero-order valence-corrected chi connectivity index (χ0v) is 22.8. The van der Waals surface area contributed by atoms with Crippen LogP contribution in [0.1, 0.15) is 55.6 Å². The molecule has 0 fully saturated rings. The summed E-state index contributed by atoms with van der Waals surface area (Å²) in [7, 11) is -4.38. The fourth-order valence-corrected chi connectivity index (χ4v) is 5.19. The fraction of sp³-hybridized carbons (Fsp3) is 0.346. The molecule has 0 saturated carbocycles. The number of carbonyl (C=O) groups excluding carboxylic acids is 2. The van der Waals surface area contributed by atoms with Gasteiger partial charge in [0.1, 0.15) is 11.0 Å². The van der Waals surface area contributed by atoms with Crippen LogP contribution in [0.3, 0.4) is 0 Å². The van der Waals surface area contributed by atoms with E-state index in [1.807, 2.05) is 40.4 Å². The van der Waals surface area contributed by atoms with Crippen molar-refractivity contribution in [2.24, 2.45) is 0 Å². The topological polar surface area (TPSA) is 137 Å². The van der Waals surface area contributed by atoms with Crippen LogP contribution in [0.5, 0.6) is 0 Å². The number of amides is 2. The van der Waals surface area contributed by atoms with E-state index in [1.54, 1.807) is 12.1 Å². The van der Waals surface area contributed by atoms with Crippen molar-refractivity contribution in [2.75, 3.05) is 4.72 Å². The molecule has 3 rings (SSSR count). The molecule has 37 heavy (non-hydrogen) atoms. The quantitative estimate of drug-likeness (QED) is 0.287. The summed E-state index contributed by atoms with van der Waals surface area (Å²) in [5.41, 5.74) is 2.68. The van der Waals surface area contributed by atoms with Gasteiger partial charge in [-0.25, -0.2) is 4.98 Å². The Morgan fingerprint density at radius 3 is 2.14 bits per heavy atom. The summed E-state index contributed by atoms with van der Waals surface area (Å²) in [4.78, 5) is 30.1. The Kier molecular flexibility index (Phi) is 9.06. The summed E-state index contributed by atoms with van der Waals surface area (Å²) in [6.45, 7) is 7.56. The van der Waals surface area contributed by atoms with Crippen molar-refractivity contribution in [3.63, 3.8) is 0 Å². The molecule has 0 bridgehead atoms. The molecule has 4 N–H and O–H groups in total. The van der Waals surface area contributed by atoms with Crippen molar-refractivity contribution in [1.29, 1.82) is 0 Å². The number of hydrogen-bond donors (Lipinski definition) is 4. The third-order valence-corrected chi connectivity index (χ3v) is 6.97. The first-order valence-corrected chi connectivity index (χ1v) is 14.0. The van der Waals surface area contributed by atoms with E-state index in [2.05, 4.69) is 31.4 Å². The molecule has 0 spiro atoms. The van der Waals surface area contributed by atoms with Gasteiger partial charge < -0.3 is 10.6 Å². The normalized spacial score (nSPS) is 13.4. The third-order valence-electron chi connectivity index (χ3n) is 5.52. The largest absolute Gasteiger partial charge is 0.357 e. The molecular formula is C26H32N4O5S2. The first-order valence-electron chi connectivity index (χ1n) is 11.7. The van der Waals surface area contributed by atoms with Crippen LogP contribution in [0.15, 0.2) is 60.0 Å². The van der Waals surface area contributed by atoms with E-state index in [0.717, 1.165) is 21.8 Å². The van der Waals surface area contributed by atoms with Crippen LogP contribution in [0.4, 0.5) is 5.69 Å². The average Bonchev–Trinajstić information content (AvgIpc) is 3.30. The lowest BCUT2D eigenvalue weighted by molar-refractivity contribution is -0.128. The van der Waals surface area contributed by atoms with Gasteiger partial charge in [0.15, 0.2) is 0 Å². The first-order chi connectivity index (χ1) is 17.3. The van der Waals surface area contributed by atoms with E-state index in [9.17, 15) is 18.0 Å². The summed E-state index contributed by atoms with van der Waals surface area (Å²) in [5.74, 6) is -0.639. The number of thiazole rings is 1. The number of aromatic nitrogens is 1. The molecule has 11 heteroatoms. The smallest absolute Gasteiger partial charge is 0.345 e. The molecule has 0 saturated heterocycles. The van der Waals surface area contributed by atoms with Crippen molar-refractivity contribution in [1.82, 2.24) is 15.6 Å². The second-order valence-electron chi connectivity index (χ2n) is 9.80. The Morgan fingerprint density at radius 1 is 0.973 bits per heavy atom. The van der Waals surface area contributed by atoms with Crippen LogP contribution >= 0.6 is 11.3 Å². The highest BCUT2D eigenvalue weighted by Crippen LogP contribution is 2.29. The van der Waals surface area contributed by atoms with Crippen molar-refractivity contribution in [3.8, 4) is 0 Å². The summed E-state index contributed by atoms with van der Waals surface area (Å²) >= 11 is 1.45. The van der Waals surface area contributed by atoms with Crippen molar-refractivity contribution in [3.05, 3.63) is 81.8 Å². The Morgan fingerprint density at radius 2 is 1.59 bits per heavy atom. The zero-order valence-electron chi connectivity index (χ0n) is 21.2. The summed E-state index contributed by atoms with van der Waals surface area (Å²) in [6.07, 6.45) is 0.715. The van der Waals surface area contributed by atoms with Gasteiger partial charge in [-0.3, -0.25) is 18.9 Å². The highest BCUT2D eigenvalue weighted by molar-refractivity contribution is 7.87. The fourth-order valence-electron chi connectivity index (χ4n) is 3.66. The van der Waals surface area contributed by atoms with Crippen LogP contribution in [-0.2, 0) is 38.1 Å². The predicted octanol–water partition coefficient (Wildman–Crippen LogP) is 3.80. The van der Waals surface area contributed by atoms with Crippen LogP contribution < -0.4 is 15.4 Å². The third kappa shape index (κ3) is 8.96. The van der Waals surface area contributed by atoms with E-state index in [0.29, 0.717) is 12.8 Å². The van der Waals surface area contributed by atoms with Gasteiger partial charge >= 0.3 is 10.3 Å². The molecule has 3 aromatic rings. The average molecular weight is 545 g/mol. The highest BCUT2D eigenvalue weighted by atomic mass is 32.2. The maximum Gasteiger partial charge on any atom is 0.357 e. The molecule has 9 nitrogen and oxygen atoms in total. The first kappa shape index (κ1) is 28.3. The standard InChI is InChI=1S/C26H32N4O5S2/c1-17(31)27-21(14-18-8-6-5-7-9-18)24(32)28-22(25-29-23(16-36-25)26(2,3)4)15-19-10-12-20(13-11-19)30-37(33,34)35/h5-13,16,21-22,30H,14-15H2,1-4H3,(H,27,31)(H,28,32)(H,33,34,35). The summed E-state index contributed by atoms with van der Waals surface area (Å²) in [5, 5.41) is 8.52. The van der Waals surface area contributed by atoms with E-state index in [4.69, 9.17) is 9.54 Å². The molecular weight excluding hydrogens is 512 g/mol. The SMILES string of the molecule is CC(=O)NC(Cc1ccccc1)C(=O)NC(Cc1ccc(NS(=O)(=O)O)cc1)c1nc(C(C)(C)C)cs1. The van der Waals surface area contributed by atoms with Crippen LogP contribution in [-0.4, -0.2) is 35.8 Å². The Hall–Kier alpha value is -3.28. The molecule has 2 aromatic carbocycles. The van der Waals surface area contributed by atoms with E-state index in [1.165, 1.54) is 30.4 Å². The summed E-state index contributed by atoms with van der Waals surface area (Å²) < 4.78 is 33.2. The molecule has 2 amide bonds. The molecule has 0 radical (unpaired) electrons. The van der Waals surface area contributed by atoms with Gasteiger partial charge in [-0.2, -0.15) is 8.42 Å². The maximum absolute atomic E-state index is 13.4. The molecule has 0 aliphatic carbocycles. The van der Waals surface area contributed by atoms with Crippen molar-refractivity contribution < 1.29 is 22.6 Å². The number of hydrogen-bond acceptors (Lipinski definition) is 6. The number of nitrogens with one attached hydrogen (secondary N) is 3. The second-order valence-corrected chi connectivity index (χ2v) is 11.8. The summed E-state index contributed by atoms with van der Waals surface area (Å²) in [6, 6.07) is 14.7. The molecule has 2 atom stereocenters. The molecule has 2 unspecified atom stereocenters. The number of rotatable bonds is 10. The number of anilines is 1. The minimum atomic E-state index is -4.38. The number of benzene rings is 2. The predicted molar refractivity (Wildman–Crippen MR) is 145 cm³/mol. The number of carbonyl (C=O) groups is 2. The monoisotopic (exact) mass is 544 g/mol. The van der Waals surface area contributed by atoms with E-state index < -0.39 is 22.4 Å². The van der Waals surface area contributed by atoms with Crippen LogP contribution in [0, 0.1) is 0 Å². The number of nitrogens with zero attached hydrogens (tertiary/aromatic N) is 1. The van der Waals surface area contributed by atoms with Crippen LogP contribution in [0.25, 0.3) is 0 Å². The minimum absolute atomic E-state index is 0.168. The minimum Gasteiger partial charge on any atom is -0.345 e. The lowest BCUT2D eigenvalue weighted by Crippen LogP contribution is -2.48. The van der Waals surface area contributed by atoms with Crippen molar-refractivity contribution in [2.45, 2.75) is 58.0 Å². The highest BCUT2D eigenvalue weighted by Gasteiger charge is 2.27. The van der Waals surface area contributed by atoms with E-state index in [-0.39, 0.29) is 22.9 Å². The Labute approximate surface area is 221 Å². The van der Waals surface area contributed by atoms with Crippen LogP contribution in [0.2, 0.25) is 0 Å². The molecule has 0 aliphatic heterocycles. The lowest BCUT2D eigenvalue weighted by Gasteiger charge is -2.23. The van der Waals surface area contributed by atoms with Crippen molar-refractivity contribution >= 4 is 39.1 Å². The van der Waals surface area contributed by atoms with Gasteiger partial charge in [-0.15, -0.1) is 11.3 Å². The Balaban J connectivity index is 1.86. The molecule has 1 aromatic heterocycles. The van der Waals surface area contributed by atoms with Gasteiger partial charge in [0, 0.05) is 24.1 Å². The molecule has 198 valence electrons. The van der Waals surface area contributed by atoms with Gasteiger partial charge in [-0.1, -0.05) is 63.2 Å². The van der Waals surface area contributed by atoms with Gasteiger partial charge in [0.2, 0.25) is 11.8 Å². The molecule has 0 aliphatic rings. The lowest BCUT2D eigenvalue weighted by atomic mass is 9.93. The Bertz CT molecular complexity index is 1320. The van der Waals surface area contributed by atoms with E-state index >= 15 is 0 Å². The maximum atomic E-state index is 13.4. The molecule has 1 heterocycles. The van der Waals surface area contributed by atoms with Gasteiger partial charge in [-0.05, 0) is 29.7 Å². The van der Waals surface area contributed by atoms with Gasteiger partial charge in [0.05, 0.1) is 17.4 Å².